The van der Waals surface area contributed by atoms with E-state index in [0.29, 0.717) is 22.7 Å². The molecular weight excluding hydrogens is 297 g/mol. The van der Waals surface area contributed by atoms with Crippen LogP contribution < -0.4 is 5.73 Å². The Morgan fingerprint density at radius 1 is 1.26 bits per heavy atom. The van der Waals surface area contributed by atoms with Gasteiger partial charge in [-0.2, -0.15) is 5.10 Å². The molecule has 0 bridgehead atoms. The molecule has 2 N–H and O–H groups in total. The molecule has 0 spiro atoms. The predicted octanol–water partition coefficient (Wildman–Crippen LogP) is 2.24. The summed E-state index contributed by atoms with van der Waals surface area (Å²) in [5, 5.41) is 5.01. The van der Waals surface area contributed by atoms with Crippen molar-refractivity contribution in [2.45, 2.75) is 26.3 Å². The van der Waals surface area contributed by atoms with E-state index < -0.39 is 11.7 Å². The number of carbonyl (C=O) groups excluding carboxylic acids is 1. The molecule has 0 aliphatic carbocycles. The molecule has 2 aromatic heterocycles. The number of hydrogen-bond donors (Lipinski definition) is 1. The Morgan fingerprint density at radius 3 is 2.74 bits per heavy atom. The van der Waals surface area contributed by atoms with Crippen LogP contribution in [-0.4, -0.2) is 25.7 Å². The van der Waals surface area contributed by atoms with Crippen molar-refractivity contribution in [2.75, 3.05) is 0 Å². The van der Waals surface area contributed by atoms with Crippen molar-refractivity contribution in [1.82, 2.24) is 19.7 Å². The van der Waals surface area contributed by atoms with Gasteiger partial charge in [0.15, 0.2) is 11.6 Å². The van der Waals surface area contributed by atoms with Crippen LogP contribution in [0.3, 0.4) is 0 Å². The summed E-state index contributed by atoms with van der Waals surface area (Å²) in [6.45, 7) is 3.88. The van der Waals surface area contributed by atoms with Gasteiger partial charge in [0.05, 0.1) is 6.42 Å². The maximum absolute atomic E-state index is 14.0. The van der Waals surface area contributed by atoms with Crippen LogP contribution in [0.4, 0.5) is 4.39 Å². The van der Waals surface area contributed by atoms with E-state index in [9.17, 15) is 9.18 Å². The van der Waals surface area contributed by atoms with E-state index in [4.69, 9.17) is 5.73 Å². The molecule has 6 nitrogen and oxygen atoms in total. The molecule has 0 fully saturated rings. The second-order valence-corrected chi connectivity index (χ2v) is 5.54. The van der Waals surface area contributed by atoms with Crippen molar-refractivity contribution in [2.24, 2.45) is 5.73 Å². The Hall–Kier alpha value is -2.83. The second kappa shape index (κ2) is 5.75. The molecule has 2 heterocycles. The molecule has 23 heavy (non-hydrogen) atoms. The number of fused-ring (bicyclic) bond motifs is 1. The van der Waals surface area contributed by atoms with Crippen molar-refractivity contribution in [3.8, 4) is 11.5 Å². The highest BCUT2D eigenvalue weighted by Gasteiger charge is 2.17. The number of carbonyl (C=O) groups is 1. The molecule has 1 amide bonds. The highest BCUT2D eigenvalue weighted by atomic mass is 19.1. The molecule has 0 unspecified atom stereocenters. The normalized spacial score (nSPS) is 11.3. The van der Waals surface area contributed by atoms with E-state index in [1.807, 2.05) is 13.8 Å². The van der Waals surface area contributed by atoms with Crippen molar-refractivity contribution < 1.29 is 9.18 Å². The van der Waals surface area contributed by atoms with Crippen LogP contribution in [0.25, 0.3) is 22.4 Å². The summed E-state index contributed by atoms with van der Waals surface area (Å²) in [4.78, 5) is 19.8. The van der Waals surface area contributed by atoms with Gasteiger partial charge in [0.2, 0.25) is 5.91 Å². The number of pyridine rings is 1. The Morgan fingerprint density at radius 2 is 2.04 bits per heavy atom. The van der Waals surface area contributed by atoms with Gasteiger partial charge < -0.3 is 5.73 Å². The number of nitrogens with zero attached hydrogens (tertiary/aromatic N) is 4. The summed E-state index contributed by atoms with van der Waals surface area (Å²) in [7, 11) is 0. The molecule has 0 saturated carbocycles. The number of rotatable bonds is 4. The first-order chi connectivity index (χ1) is 11.0. The van der Waals surface area contributed by atoms with Gasteiger partial charge in [-0.05, 0) is 26.0 Å². The standard InChI is InChI=1S/C16H16FN5O/c1-9(2)22-16(20-14(21-22)8-13(18)23)12-7-6-10-4-3-5-11(17)15(10)19-12/h3-7,9H,8H2,1-2H3,(H2,18,23). The van der Waals surface area contributed by atoms with Crippen LogP contribution in [0.15, 0.2) is 30.3 Å². The summed E-state index contributed by atoms with van der Waals surface area (Å²) in [5.74, 6) is -0.0784. The fourth-order valence-corrected chi connectivity index (χ4v) is 2.37. The Labute approximate surface area is 132 Å². The van der Waals surface area contributed by atoms with Crippen LogP contribution in [-0.2, 0) is 11.2 Å². The summed E-state index contributed by atoms with van der Waals surface area (Å²) >= 11 is 0. The highest BCUT2D eigenvalue weighted by Crippen LogP contribution is 2.23. The van der Waals surface area contributed by atoms with Gasteiger partial charge in [-0.3, -0.25) is 4.79 Å². The first-order valence-electron chi connectivity index (χ1n) is 7.25. The number of aromatic nitrogens is 4. The number of para-hydroxylation sites is 1. The minimum Gasteiger partial charge on any atom is -0.369 e. The Bertz CT molecular complexity index is 887. The number of benzene rings is 1. The average Bonchev–Trinajstić information content (AvgIpc) is 2.90. The largest absolute Gasteiger partial charge is 0.369 e. The van der Waals surface area contributed by atoms with Crippen LogP contribution in [0.1, 0.15) is 25.7 Å². The first kappa shape index (κ1) is 15.1. The zero-order chi connectivity index (χ0) is 16.6. The van der Waals surface area contributed by atoms with Crippen LogP contribution >= 0.6 is 0 Å². The SMILES string of the molecule is CC(C)n1nc(CC(N)=O)nc1-c1ccc2cccc(F)c2n1. The van der Waals surface area contributed by atoms with E-state index in [2.05, 4.69) is 15.1 Å². The summed E-state index contributed by atoms with van der Waals surface area (Å²) in [6, 6.07) is 8.36. The third kappa shape index (κ3) is 2.90. The monoisotopic (exact) mass is 313 g/mol. The van der Waals surface area contributed by atoms with Gasteiger partial charge in [0.25, 0.3) is 0 Å². The van der Waals surface area contributed by atoms with E-state index in [0.717, 1.165) is 0 Å². The number of primary amides is 1. The van der Waals surface area contributed by atoms with Gasteiger partial charge in [-0.25, -0.2) is 19.0 Å². The lowest BCUT2D eigenvalue weighted by Gasteiger charge is -2.09. The predicted molar refractivity (Wildman–Crippen MR) is 84.0 cm³/mol. The van der Waals surface area contributed by atoms with Crippen LogP contribution in [0, 0.1) is 5.82 Å². The van der Waals surface area contributed by atoms with Gasteiger partial charge in [0, 0.05) is 11.4 Å². The molecule has 0 atom stereocenters. The van der Waals surface area contributed by atoms with Crippen molar-refractivity contribution in [3.05, 3.63) is 42.0 Å². The lowest BCUT2D eigenvalue weighted by Crippen LogP contribution is -2.15. The fraction of sp³-hybridized carbons (Fsp3) is 0.250. The second-order valence-electron chi connectivity index (χ2n) is 5.54. The molecule has 118 valence electrons. The maximum Gasteiger partial charge on any atom is 0.225 e. The Kier molecular flexibility index (Phi) is 3.77. The topological polar surface area (TPSA) is 86.7 Å². The molecule has 3 rings (SSSR count). The van der Waals surface area contributed by atoms with Crippen molar-refractivity contribution in [1.29, 1.82) is 0 Å². The van der Waals surface area contributed by atoms with Gasteiger partial charge in [-0.15, -0.1) is 0 Å². The molecule has 1 aromatic carbocycles. The molecule has 3 aromatic rings. The lowest BCUT2D eigenvalue weighted by atomic mass is 10.2. The van der Waals surface area contributed by atoms with Crippen molar-refractivity contribution >= 4 is 16.8 Å². The van der Waals surface area contributed by atoms with Crippen LogP contribution in [0.5, 0.6) is 0 Å². The van der Waals surface area contributed by atoms with E-state index in [1.165, 1.54) is 6.07 Å². The molecular formula is C16H16FN5O. The lowest BCUT2D eigenvalue weighted by molar-refractivity contribution is -0.117. The summed E-state index contributed by atoms with van der Waals surface area (Å²) in [5.41, 5.74) is 5.98. The summed E-state index contributed by atoms with van der Waals surface area (Å²) < 4.78 is 15.6. The van der Waals surface area contributed by atoms with Gasteiger partial charge in [0.1, 0.15) is 17.0 Å². The third-order valence-electron chi connectivity index (χ3n) is 3.40. The zero-order valence-electron chi connectivity index (χ0n) is 12.8. The number of amides is 1. The van der Waals surface area contributed by atoms with E-state index in [-0.39, 0.29) is 18.0 Å². The van der Waals surface area contributed by atoms with E-state index >= 15 is 0 Å². The molecule has 0 aliphatic rings. The van der Waals surface area contributed by atoms with Gasteiger partial charge in [-0.1, -0.05) is 18.2 Å². The maximum atomic E-state index is 14.0. The smallest absolute Gasteiger partial charge is 0.225 e. The highest BCUT2D eigenvalue weighted by molar-refractivity contribution is 5.81. The minimum absolute atomic E-state index is 0.0113. The molecule has 7 heteroatoms. The molecule has 0 radical (unpaired) electrons. The quantitative estimate of drug-likeness (QED) is 0.800. The van der Waals surface area contributed by atoms with Gasteiger partial charge >= 0.3 is 0 Å². The fourth-order valence-electron chi connectivity index (χ4n) is 2.37. The minimum atomic E-state index is -0.505. The third-order valence-corrected chi connectivity index (χ3v) is 3.40. The van der Waals surface area contributed by atoms with Crippen LogP contribution in [0.2, 0.25) is 0 Å². The molecule has 0 aliphatic heterocycles. The number of nitrogens with two attached hydrogens (primary N) is 1. The summed E-state index contributed by atoms with van der Waals surface area (Å²) in [6.07, 6.45) is -0.0470. The molecule has 0 saturated heterocycles. The average molecular weight is 313 g/mol. The van der Waals surface area contributed by atoms with E-state index in [1.54, 1.807) is 28.9 Å². The Balaban J connectivity index is 2.15. The number of halogens is 1. The first-order valence-corrected chi connectivity index (χ1v) is 7.25. The zero-order valence-corrected chi connectivity index (χ0v) is 12.8. The number of hydrogen-bond acceptors (Lipinski definition) is 4. The van der Waals surface area contributed by atoms with Crippen molar-refractivity contribution in [3.63, 3.8) is 0 Å².